The van der Waals surface area contributed by atoms with Crippen LogP contribution in [0.5, 0.6) is 0 Å². The van der Waals surface area contributed by atoms with Crippen LogP contribution in [-0.4, -0.2) is 25.0 Å². The molecular formula is C17H37N. The van der Waals surface area contributed by atoms with E-state index in [1.807, 2.05) is 13.8 Å². The largest absolute Gasteiger partial charge is 0.306 e. The molecule has 0 aliphatic heterocycles. The van der Waals surface area contributed by atoms with E-state index in [0.29, 0.717) is 0 Å². The second-order valence-electron chi connectivity index (χ2n) is 5.92. The summed E-state index contributed by atoms with van der Waals surface area (Å²) in [5, 5.41) is 0. The predicted octanol–water partition coefficient (Wildman–Crippen LogP) is 5.35. The first-order chi connectivity index (χ1) is 8.72. The second-order valence-corrected chi connectivity index (χ2v) is 5.92. The zero-order valence-corrected chi connectivity index (χ0v) is 13.7. The molecule has 0 aromatic heterocycles. The van der Waals surface area contributed by atoms with E-state index >= 15 is 0 Å². The molecule has 1 fully saturated rings. The monoisotopic (exact) mass is 255 g/mol. The van der Waals surface area contributed by atoms with Crippen LogP contribution in [0, 0.1) is 11.8 Å². The summed E-state index contributed by atoms with van der Waals surface area (Å²) in [5.41, 5.74) is 0. The fraction of sp³-hybridized carbons (Fsp3) is 1.00. The lowest BCUT2D eigenvalue weighted by Gasteiger charge is -2.24. The minimum atomic E-state index is 0.900. The van der Waals surface area contributed by atoms with Crippen molar-refractivity contribution in [2.24, 2.45) is 11.8 Å². The first-order valence-corrected chi connectivity index (χ1v) is 8.41. The molecule has 0 aromatic rings. The van der Waals surface area contributed by atoms with Gasteiger partial charge < -0.3 is 4.90 Å². The summed E-state index contributed by atoms with van der Waals surface area (Å²) in [6, 6.07) is 0. The van der Waals surface area contributed by atoms with Crippen molar-refractivity contribution in [3.63, 3.8) is 0 Å². The molecule has 0 amide bonds. The minimum absolute atomic E-state index is 0.900. The summed E-state index contributed by atoms with van der Waals surface area (Å²) in [5.74, 6) is 1.89. The van der Waals surface area contributed by atoms with Crippen LogP contribution in [0.3, 0.4) is 0 Å². The Kier molecular flexibility index (Phi) is 12.0. The van der Waals surface area contributed by atoms with Gasteiger partial charge in [-0.2, -0.15) is 0 Å². The zero-order valence-electron chi connectivity index (χ0n) is 13.7. The van der Waals surface area contributed by atoms with Crippen molar-refractivity contribution >= 4 is 0 Å². The Hall–Kier alpha value is -0.0400. The first-order valence-electron chi connectivity index (χ1n) is 8.41. The molecule has 0 bridgehead atoms. The Bertz CT molecular complexity index is 159. The van der Waals surface area contributed by atoms with Crippen molar-refractivity contribution in [3.05, 3.63) is 0 Å². The molecule has 0 aromatic carbocycles. The highest BCUT2D eigenvalue weighted by Crippen LogP contribution is 2.23. The van der Waals surface area contributed by atoms with Gasteiger partial charge in [0, 0.05) is 6.54 Å². The Morgan fingerprint density at radius 1 is 1.06 bits per heavy atom. The molecule has 1 aliphatic carbocycles. The third kappa shape index (κ3) is 8.97. The van der Waals surface area contributed by atoms with Crippen LogP contribution in [0.1, 0.15) is 79.1 Å². The van der Waals surface area contributed by atoms with Crippen molar-refractivity contribution in [2.45, 2.75) is 79.1 Å². The van der Waals surface area contributed by atoms with Crippen molar-refractivity contribution in [3.8, 4) is 0 Å². The highest BCUT2D eigenvalue weighted by atomic mass is 15.1. The molecule has 1 heteroatoms. The Morgan fingerprint density at radius 2 is 1.61 bits per heavy atom. The van der Waals surface area contributed by atoms with Gasteiger partial charge in [-0.25, -0.2) is 0 Å². The fourth-order valence-corrected chi connectivity index (χ4v) is 2.72. The van der Waals surface area contributed by atoms with Crippen molar-refractivity contribution in [2.75, 3.05) is 20.1 Å². The molecule has 1 atom stereocenters. The van der Waals surface area contributed by atoms with Gasteiger partial charge in [-0.1, -0.05) is 59.8 Å². The van der Waals surface area contributed by atoms with Crippen LogP contribution in [0.2, 0.25) is 0 Å². The molecule has 1 aliphatic rings. The van der Waals surface area contributed by atoms with Crippen molar-refractivity contribution < 1.29 is 0 Å². The van der Waals surface area contributed by atoms with E-state index in [1.54, 1.807) is 0 Å². The molecule has 0 saturated heterocycles. The third-order valence-corrected chi connectivity index (χ3v) is 4.25. The van der Waals surface area contributed by atoms with E-state index in [9.17, 15) is 0 Å². The standard InChI is InChI=1S/C15H31N.C2H6/c1-4-14(2)11-12-16(3)13-15-9-7-5-6-8-10-15;1-2/h14-15H,4-13H2,1-3H3;1-2H3. The molecule has 0 spiro atoms. The van der Waals surface area contributed by atoms with E-state index in [0.717, 1.165) is 11.8 Å². The lowest BCUT2D eigenvalue weighted by atomic mass is 9.99. The predicted molar refractivity (Wildman–Crippen MR) is 84.1 cm³/mol. The summed E-state index contributed by atoms with van der Waals surface area (Å²) in [4.78, 5) is 2.57. The van der Waals surface area contributed by atoms with Gasteiger partial charge in [0.05, 0.1) is 0 Å². The highest BCUT2D eigenvalue weighted by molar-refractivity contribution is 4.68. The molecule has 1 rings (SSSR count). The molecule has 0 radical (unpaired) electrons. The zero-order chi connectivity index (χ0) is 13.8. The van der Waals surface area contributed by atoms with Crippen molar-refractivity contribution in [1.29, 1.82) is 0 Å². The molecule has 110 valence electrons. The highest BCUT2D eigenvalue weighted by Gasteiger charge is 2.14. The average Bonchev–Trinajstić information content (AvgIpc) is 2.67. The van der Waals surface area contributed by atoms with Crippen LogP contribution in [-0.2, 0) is 0 Å². The van der Waals surface area contributed by atoms with Gasteiger partial charge in [0.25, 0.3) is 0 Å². The van der Waals surface area contributed by atoms with Gasteiger partial charge in [0.1, 0.15) is 0 Å². The quantitative estimate of drug-likeness (QED) is 0.578. The summed E-state index contributed by atoms with van der Waals surface area (Å²) >= 11 is 0. The minimum Gasteiger partial charge on any atom is -0.306 e. The normalized spacial score (nSPS) is 19.0. The number of hydrogen-bond acceptors (Lipinski definition) is 1. The van der Waals surface area contributed by atoms with E-state index in [2.05, 4.69) is 25.8 Å². The SMILES string of the molecule is CC.CCC(C)CCN(C)CC1CCCCCC1. The van der Waals surface area contributed by atoms with E-state index in [-0.39, 0.29) is 0 Å². The Labute approximate surface area is 116 Å². The van der Waals surface area contributed by atoms with Crippen LogP contribution in [0.25, 0.3) is 0 Å². The van der Waals surface area contributed by atoms with Gasteiger partial charge in [-0.05, 0) is 44.7 Å². The van der Waals surface area contributed by atoms with E-state index in [1.165, 1.54) is 64.5 Å². The molecule has 1 unspecified atom stereocenters. The van der Waals surface area contributed by atoms with Gasteiger partial charge in [0.2, 0.25) is 0 Å². The van der Waals surface area contributed by atoms with Gasteiger partial charge in [-0.3, -0.25) is 0 Å². The first kappa shape index (κ1) is 18.0. The van der Waals surface area contributed by atoms with Crippen molar-refractivity contribution in [1.82, 2.24) is 4.90 Å². The summed E-state index contributed by atoms with van der Waals surface area (Å²) in [7, 11) is 2.31. The lowest BCUT2D eigenvalue weighted by Crippen LogP contribution is -2.27. The summed E-state index contributed by atoms with van der Waals surface area (Å²) in [6.45, 7) is 11.3. The van der Waals surface area contributed by atoms with Crippen LogP contribution >= 0.6 is 0 Å². The number of nitrogens with zero attached hydrogens (tertiary/aromatic N) is 1. The average molecular weight is 255 g/mol. The molecule has 1 saturated carbocycles. The van der Waals surface area contributed by atoms with E-state index in [4.69, 9.17) is 0 Å². The molecular weight excluding hydrogens is 218 g/mol. The number of hydrogen-bond donors (Lipinski definition) is 0. The number of rotatable bonds is 6. The Balaban J connectivity index is 0.00000137. The summed E-state index contributed by atoms with van der Waals surface area (Å²) in [6.07, 6.45) is 11.6. The summed E-state index contributed by atoms with van der Waals surface area (Å²) < 4.78 is 0. The van der Waals surface area contributed by atoms with Gasteiger partial charge >= 0.3 is 0 Å². The molecule has 1 nitrogen and oxygen atoms in total. The second kappa shape index (κ2) is 12.0. The van der Waals surface area contributed by atoms with Crippen LogP contribution < -0.4 is 0 Å². The smallest absolute Gasteiger partial charge is 0.000661 e. The maximum Gasteiger partial charge on any atom is 0.000661 e. The van der Waals surface area contributed by atoms with E-state index < -0.39 is 0 Å². The molecule has 0 N–H and O–H groups in total. The van der Waals surface area contributed by atoms with Gasteiger partial charge in [0.15, 0.2) is 0 Å². The fourth-order valence-electron chi connectivity index (χ4n) is 2.72. The molecule has 0 heterocycles. The topological polar surface area (TPSA) is 3.24 Å². The maximum absolute atomic E-state index is 2.57. The Morgan fingerprint density at radius 3 is 2.11 bits per heavy atom. The van der Waals surface area contributed by atoms with Crippen LogP contribution in [0.4, 0.5) is 0 Å². The van der Waals surface area contributed by atoms with Crippen LogP contribution in [0.15, 0.2) is 0 Å². The third-order valence-electron chi connectivity index (χ3n) is 4.25. The lowest BCUT2D eigenvalue weighted by molar-refractivity contribution is 0.244. The molecule has 18 heavy (non-hydrogen) atoms. The van der Waals surface area contributed by atoms with Gasteiger partial charge in [-0.15, -0.1) is 0 Å². The maximum atomic E-state index is 2.57.